The molecular formula is C18H19N5O3. The number of hydrogen-bond donors (Lipinski definition) is 2. The molecule has 0 spiro atoms. The standard InChI is InChI=1S/C18H19N5O3/c1-12-8-15(13(2)26-12)18(25)21-11-17(24)20-10-14-4-6-19-16(9-14)23-7-3-5-22-23/h3-9H,10-11H2,1-2H3,(H,20,24)(H,21,25). The fourth-order valence-electron chi connectivity index (χ4n) is 2.48. The average Bonchev–Trinajstić information content (AvgIpc) is 3.28. The first-order chi connectivity index (χ1) is 12.5. The fraction of sp³-hybridized carbons (Fsp3) is 0.222. The Balaban J connectivity index is 1.51. The van der Waals surface area contributed by atoms with Crippen molar-refractivity contribution in [3.05, 3.63) is 65.5 Å². The first-order valence-corrected chi connectivity index (χ1v) is 8.10. The lowest BCUT2D eigenvalue weighted by molar-refractivity contribution is -0.120. The maximum atomic E-state index is 12.1. The predicted molar refractivity (Wildman–Crippen MR) is 93.7 cm³/mol. The minimum atomic E-state index is -0.334. The molecule has 2 N–H and O–H groups in total. The largest absolute Gasteiger partial charge is 0.466 e. The molecule has 0 saturated heterocycles. The van der Waals surface area contributed by atoms with Gasteiger partial charge in [-0.2, -0.15) is 5.10 Å². The van der Waals surface area contributed by atoms with Gasteiger partial charge in [0.15, 0.2) is 5.82 Å². The summed E-state index contributed by atoms with van der Waals surface area (Å²) >= 11 is 0. The Morgan fingerprint density at radius 2 is 2.04 bits per heavy atom. The Labute approximate surface area is 150 Å². The third-order valence-electron chi connectivity index (χ3n) is 3.73. The molecule has 0 fully saturated rings. The smallest absolute Gasteiger partial charge is 0.255 e. The number of amides is 2. The Bertz CT molecular complexity index is 915. The molecule has 8 heteroatoms. The number of nitrogens with one attached hydrogen (secondary N) is 2. The first-order valence-electron chi connectivity index (χ1n) is 8.10. The van der Waals surface area contributed by atoms with E-state index in [0.29, 0.717) is 29.4 Å². The molecule has 0 aliphatic heterocycles. The summed E-state index contributed by atoms with van der Waals surface area (Å²) in [6.07, 6.45) is 5.12. The molecule has 0 radical (unpaired) electrons. The van der Waals surface area contributed by atoms with Gasteiger partial charge in [0.25, 0.3) is 5.91 Å². The highest BCUT2D eigenvalue weighted by Gasteiger charge is 2.14. The lowest BCUT2D eigenvalue weighted by Gasteiger charge is -2.08. The summed E-state index contributed by atoms with van der Waals surface area (Å²) in [5, 5.41) is 9.47. The summed E-state index contributed by atoms with van der Waals surface area (Å²) in [5.41, 5.74) is 1.32. The van der Waals surface area contributed by atoms with Gasteiger partial charge in [0.1, 0.15) is 11.5 Å². The number of aromatic nitrogens is 3. The molecule has 3 aromatic rings. The third-order valence-corrected chi connectivity index (χ3v) is 3.73. The van der Waals surface area contributed by atoms with Crippen LogP contribution >= 0.6 is 0 Å². The highest BCUT2D eigenvalue weighted by Crippen LogP contribution is 2.13. The Hall–Kier alpha value is -3.42. The maximum absolute atomic E-state index is 12.1. The van der Waals surface area contributed by atoms with Crippen molar-refractivity contribution >= 4 is 11.8 Å². The van der Waals surface area contributed by atoms with Gasteiger partial charge >= 0.3 is 0 Å². The zero-order valence-electron chi connectivity index (χ0n) is 14.5. The molecule has 26 heavy (non-hydrogen) atoms. The zero-order valence-corrected chi connectivity index (χ0v) is 14.5. The summed E-state index contributed by atoms with van der Waals surface area (Å²) in [6, 6.07) is 7.10. The van der Waals surface area contributed by atoms with Gasteiger partial charge in [-0.05, 0) is 43.7 Å². The average molecular weight is 353 g/mol. The highest BCUT2D eigenvalue weighted by molar-refractivity contribution is 5.97. The van der Waals surface area contributed by atoms with Crippen molar-refractivity contribution in [3.8, 4) is 5.82 Å². The Morgan fingerprint density at radius 3 is 2.73 bits per heavy atom. The molecule has 134 valence electrons. The second-order valence-electron chi connectivity index (χ2n) is 5.76. The first kappa shape index (κ1) is 17.4. The SMILES string of the molecule is Cc1cc(C(=O)NCC(=O)NCc2ccnc(-n3cccn3)c2)c(C)o1. The Morgan fingerprint density at radius 1 is 1.19 bits per heavy atom. The van der Waals surface area contributed by atoms with E-state index in [2.05, 4.69) is 20.7 Å². The van der Waals surface area contributed by atoms with Gasteiger partial charge in [-0.25, -0.2) is 9.67 Å². The van der Waals surface area contributed by atoms with Gasteiger partial charge in [-0.1, -0.05) is 0 Å². The maximum Gasteiger partial charge on any atom is 0.255 e. The van der Waals surface area contributed by atoms with Crippen LogP contribution in [0.4, 0.5) is 0 Å². The summed E-state index contributed by atoms with van der Waals surface area (Å²) < 4.78 is 6.95. The van der Waals surface area contributed by atoms with Gasteiger partial charge in [0.2, 0.25) is 5.91 Å². The van der Waals surface area contributed by atoms with Crippen LogP contribution in [0.1, 0.15) is 27.4 Å². The van der Waals surface area contributed by atoms with Crippen molar-refractivity contribution in [2.75, 3.05) is 6.54 Å². The van der Waals surface area contributed by atoms with Crippen LogP contribution in [0, 0.1) is 13.8 Å². The van der Waals surface area contributed by atoms with Crippen LogP contribution < -0.4 is 10.6 Å². The zero-order chi connectivity index (χ0) is 18.5. The molecule has 0 atom stereocenters. The number of rotatable bonds is 6. The second kappa shape index (κ2) is 7.64. The van der Waals surface area contributed by atoms with Crippen LogP contribution in [0.15, 0.2) is 47.3 Å². The fourth-order valence-corrected chi connectivity index (χ4v) is 2.48. The van der Waals surface area contributed by atoms with E-state index in [0.717, 1.165) is 5.56 Å². The van der Waals surface area contributed by atoms with Gasteiger partial charge < -0.3 is 15.1 Å². The molecule has 0 saturated carbocycles. The lowest BCUT2D eigenvalue weighted by atomic mass is 10.2. The van der Waals surface area contributed by atoms with Crippen LogP contribution in [0.2, 0.25) is 0 Å². The van der Waals surface area contributed by atoms with Gasteiger partial charge in [-0.15, -0.1) is 0 Å². The van der Waals surface area contributed by atoms with E-state index >= 15 is 0 Å². The molecule has 3 rings (SSSR count). The number of nitrogens with zero attached hydrogens (tertiary/aromatic N) is 3. The molecule has 2 amide bonds. The van der Waals surface area contributed by atoms with E-state index in [1.165, 1.54) is 0 Å². The second-order valence-corrected chi connectivity index (χ2v) is 5.76. The van der Waals surface area contributed by atoms with Crippen molar-refractivity contribution in [1.82, 2.24) is 25.4 Å². The quantitative estimate of drug-likeness (QED) is 0.700. The lowest BCUT2D eigenvalue weighted by Crippen LogP contribution is -2.36. The predicted octanol–water partition coefficient (Wildman–Crippen LogP) is 1.52. The number of pyridine rings is 1. The number of carbonyl (C=O) groups is 2. The van der Waals surface area contributed by atoms with E-state index in [-0.39, 0.29) is 18.4 Å². The molecule has 3 aromatic heterocycles. The van der Waals surface area contributed by atoms with Crippen molar-refractivity contribution < 1.29 is 14.0 Å². The normalized spacial score (nSPS) is 10.5. The minimum absolute atomic E-state index is 0.112. The van der Waals surface area contributed by atoms with Crippen molar-refractivity contribution in [2.45, 2.75) is 20.4 Å². The number of furan rings is 1. The third kappa shape index (κ3) is 4.15. The van der Waals surface area contributed by atoms with E-state index in [1.807, 2.05) is 18.2 Å². The number of hydrogen-bond acceptors (Lipinski definition) is 5. The van der Waals surface area contributed by atoms with Gasteiger partial charge in [-0.3, -0.25) is 9.59 Å². The molecule has 0 unspecified atom stereocenters. The van der Waals surface area contributed by atoms with Crippen LogP contribution in [-0.2, 0) is 11.3 Å². The van der Waals surface area contributed by atoms with Crippen molar-refractivity contribution in [1.29, 1.82) is 0 Å². The summed E-state index contributed by atoms with van der Waals surface area (Å²) in [5.74, 6) is 1.24. The summed E-state index contributed by atoms with van der Waals surface area (Å²) in [4.78, 5) is 28.3. The monoisotopic (exact) mass is 353 g/mol. The van der Waals surface area contributed by atoms with Crippen LogP contribution in [0.5, 0.6) is 0 Å². The molecule has 0 aliphatic carbocycles. The minimum Gasteiger partial charge on any atom is -0.466 e. The van der Waals surface area contributed by atoms with E-state index < -0.39 is 0 Å². The van der Waals surface area contributed by atoms with Gasteiger partial charge in [0.05, 0.1) is 12.1 Å². The number of aryl methyl sites for hydroxylation is 2. The van der Waals surface area contributed by atoms with Crippen LogP contribution in [-0.4, -0.2) is 33.1 Å². The van der Waals surface area contributed by atoms with Crippen molar-refractivity contribution in [3.63, 3.8) is 0 Å². The van der Waals surface area contributed by atoms with E-state index in [1.54, 1.807) is 43.2 Å². The topological polar surface area (TPSA) is 102 Å². The number of carbonyl (C=O) groups excluding carboxylic acids is 2. The van der Waals surface area contributed by atoms with Crippen LogP contribution in [0.25, 0.3) is 5.82 Å². The summed E-state index contributed by atoms with van der Waals surface area (Å²) in [6.45, 7) is 3.69. The van der Waals surface area contributed by atoms with Crippen molar-refractivity contribution in [2.24, 2.45) is 0 Å². The molecule has 0 aromatic carbocycles. The van der Waals surface area contributed by atoms with Crippen LogP contribution in [0.3, 0.4) is 0 Å². The van der Waals surface area contributed by atoms with E-state index in [4.69, 9.17) is 4.42 Å². The molecular weight excluding hydrogens is 334 g/mol. The molecule has 0 aliphatic rings. The highest BCUT2D eigenvalue weighted by atomic mass is 16.3. The summed E-state index contributed by atoms with van der Waals surface area (Å²) in [7, 11) is 0. The molecule has 0 bridgehead atoms. The molecule has 8 nitrogen and oxygen atoms in total. The van der Waals surface area contributed by atoms with Gasteiger partial charge in [0, 0.05) is 25.1 Å². The molecule has 3 heterocycles. The van der Waals surface area contributed by atoms with E-state index in [9.17, 15) is 9.59 Å². The Kier molecular flexibility index (Phi) is 5.12.